The summed E-state index contributed by atoms with van der Waals surface area (Å²) >= 11 is 5.87. The molecule has 86 valence electrons. The molecule has 0 amide bonds. The van der Waals surface area contributed by atoms with Crippen molar-refractivity contribution >= 4 is 17.4 Å². The highest BCUT2D eigenvalue weighted by molar-refractivity contribution is 6.30. The summed E-state index contributed by atoms with van der Waals surface area (Å²) in [6, 6.07) is 7.09. The molecule has 1 aliphatic rings. The molecule has 1 heterocycles. The number of halogens is 1. The van der Waals surface area contributed by atoms with Gasteiger partial charge in [-0.15, -0.1) is 10.2 Å². The minimum absolute atomic E-state index is 0.0502. The third-order valence-electron chi connectivity index (χ3n) is 2.66. The lowest BCUT2D eigenvalue weighted by Crippen LogP contribution is -2.01. The highest BCUT2D eigenvalue weighted by atomic mass is 35.5. The van der Waals surface area contributed by atoms with Crippen LogP contribution in [0.15, 0.2) is 28.7 Å². The molecule has 1 fully saturated rings. The van der Waals surface area contributed by atoms with Gasteiger partial charge < -0.3 is 4.42 Å². The Bertz CT molecular complexity index is 575. The Balaban J connectivity index is 1.91. The molecule has 0 atom stereocenters. The topological polar surface area (TPSA) is 56.0 Å². The number of aromatic nitrogens is 2. The normalized spacial score (nSPS) is 14.9. The van der Waals surface area contributed by atoms with Gasteiger partial charge in [0.1, 0.15) is 0 Å². The van der Waals surface area contributed by atoms with E-state index in [1.807, 2.05) is 6.07 Å². The van der Waals surface area contributed by atoms with Crippen molar-refractivity contribution in [1.82, 2.24) is 10.2 Å². The molecule has 0 saturated heterocycles. The zero-order chi connectivity index (χ0) is 11.8. The minimum atomic E-state index is -0.0502. The Kier molecular flexibility index (Phi) is 2.44. The number of hydrogen-bond acceptors (Lipinski definition) is 4. The van der Waals surface area contributed by atoms with Crippen molar-refractivity contribution in [3.05, 3.63) is 35.2 Å². The molecule has 3 rings (SSSR count). The Hall–Kier alpha value is -1.68. The van der Waals surface area contributed by atoms with Gasteiger partial charge in [-0.3, -0.25) is 4.79 Å². The van der Waals surface area contributed by atoms with E-state index in [9.17, 15) is 4.79 Å². The fraction of sp³-hybridized carbons (Fsp3) is 0.250. The van der Waals surface area contributed by atoms with Gasteiger partial charge in [0, 0.05) is 16.5 Å². The second-order valence-corrected chi connectivity index (χ2v) is 4.50. The average Bonchev–Trinajstić information content (AvgIpc) is 3.05. The Morgan fingerprint density at radius 1 is 1.35 bits per heavy atom. The van der Waals surface area contributed by atoms with E-state index in [1.165, 1.54) is 0 Å². The SMILES string of the molecule is O=C(c1nnc(-c2cccc(Cl)c2)o1)C1CC1. The smallest absolute Gasteiger partial charge is 0.284 e. The van der Waals surface area contributed by atoms with E-state index in [4.69, 9.17) is 16.0 Å². The molecule has 1 saturated carbocycles. The van der Waals surface area contributed by atoms with Crippen molar-refractivity contribution in [3.8, 4) is 11.5 Å². The molecule has 1 aromatic heterocycles. The molecule has 0 aliphatic heterocycles. The maximum atomic E-state index is 11.7. The highest BCUT2D eigenvalue weighted by Crippen LogP contribution is 2.32. The van der Waals surface area contributed by atoms with Gasteiger partial charge in [0.2, 0.25) is 11.7 Å². The zero-order valence-electron chi connectivity index (χ0n) is 8.89. The van der Waals surface area contributed by atoms with Crippen molar-refractivity contribution in [2.75, 3.05) is 0 Å². The van der Waals surface area contributed by atoms with Gasteiger partial charge in [0.25, 0.3) is 5.89 Å². The lowest BCUT2D eigenvalue weighted by atomic mass is 10.2. The lowest BCUT2D eigenvalue weighted by Gasteiger charge is -1.94. The van der Waals surface area contributed by atoms with Crippen molar-refractivity contribution < 1.29 is 9.21 Å². The Labute approximate surface area is 103 Å². The van der Waals surface area contributed by atoms with E-state index in [2.05, 4.69) is 10.2 Å². The van der Waals surface area contributed by atoms with E-state index < -0.39 is 0 Å². The molecule has 1 aliphatic carbocycles. The third-order valence-corrected chi connectivity index (χ3v) is 2.89. The summed E-state index contributed by atoms with van der Waals surface area (Å²) < 4.78 is 5.36. The molecule has 2 aromatic rings. The molecular weight excluding hydrogens is 240 g/mol. The first-order chi connectivity index (χ1) is 8.24. The van der Waals surface area contributed by atoms with Crippen molar-refractivity contribution in [3.63, 3.8) is 0 Å². The van der Waals surface area contributed by atoms with E-state index >= 15 is 0 Å². The molecule has 5 heteroatoms. The van der Waals surface area contributed by atoms with E-state index in [-0.39, 0.29) is 17.6 Å². The monoisotopic (exact) mass is 248 g/mol. The number of ketones is 1. The van der Waals surface area contributed by atoms with Gasteiger partial charge in [0.05, 0.1) is 0 Å². The summed E-state index contributed by atoms with van der Waals surface area (Å²) in [5, 5.41) is 8.23. The quantitative estimate of drug-likeness (QED) is 0.784. The molecule has 0 spiro atoms. The van der Waals surface area contributed by atoms with Crippen molar-refractivity contribution in [1.29, 1.82) is 0 Å². The first kappa shape index (κ1) is 10.5. The Morgan fingerprint density at radius 3 is 2.88 bits per heavy atom. The van der Waals surface area contributed by atoms with Gasteiger partial charge >= 0.3 is 0 Å². The second-order valence-electron chi connectivity index (χ2n) is 4.06. The number of benzene rings is 1. The molecule has 1 aromatic carbocycles. The van der Waals surface area contributed by atoms with Crippen LogP contribution < -0.4 is 0 Å². The van der Waals surface area contributed by atoms with E-state index in [0.29, 0.717) is 10.9 Å². The van der Waals surface area contributed by atoms with E-state index in [0.717, 1.165) is 18.4 Å². The predicted octanol–water partition coefficient (Wildman–Crippen LogP) is 2.98. The van der Waals surface area contributed by atoms with Crippen LogP contribution in [0.3, 0.4) is 0 Å². The Morgan fingerprint density at radius 2 is 2.18 bits per heavy atom. The average molecular weight is 249 g/mol. The largest absolute Gasteiger partial charge is 0.414 e. The maximum absolute atomic E-state index is 11.7. The number of rotatable bonds is 3. The van der Waals surface area contributed by atoms with Crippen LogP contribution in [0.4, 0.5) is 0 Å². The second kappa shape index (κ2) is 3.96. The first-order valence-electron chi connectivity index (χ1n) is 5.38. The summed E-state index contributed by atoms with van der Waals surface area (Å²) in [6.45, 7) is 0. The predicted molar refractivity (Wildman–Crippen MR) is 61.8 cm³/mol. The van der Waals surface area contributed by atoms with Crippen LogP contribution in [0.1, 0.15) is 23.5 Å². The van der Waals surface area contributed by atoms with Crippen molar-refractivity contribution in [2.45, 2.75) is 12.8 Å². The molecule has 0 N–H and O–H groups in total. The van der Waals surface area contributed by atoms with E-state index in [1.54, 1.807) is 18.2 Å². The molecular formula is C12H9ClN2O2. The van der Waals surface area contributed by atoms with Crippen LogP contribution in [-0.4, -0.2) is 16.0 Å². The van der Waals surface area contributed by atoms with Crippen LogP contribution in [0.25, 0.3) is 11.5 Å². The summed E-state index contributed by atoms with van der Waals surface area (Å²) in [5.74, 6) is 0.465. The zero-order valence-corrected chi connectivity index (χ0v) is 9.65. The molecule has 0 bridgehead atoms. The number of Topliss-reactive ketones (excluding diaryl/α,β-unsaturated/α-hetero) is 1. The molecule has 4 nitrogen and oxygen atoms in total. The van der Waals surface area contributed by atoms with Crippen LogP contribution in [-0.2, 0) is 0 Å². The molecule has 17 heavy (non-hydrogen) atoms. The fourth-order valence-electron chi connectivity index (χ4n) is 1.58. The van der Waals surface area contributed by atoms with Crippen LogP contribution in [0, 0.1) is 5.92 Å². The number of nitrogens with zero attached hydrogens (tertiary/aromatic N) is 2. The lowest BCUT2D eigenvalue weighted by molar-refractivity contribution is 0.0934. The summed E-state index contributed by atoms with van der Waals surface area (Å²) in [4.78, 5) is 11.7. The van der Waals surface area contributed by atoms with Gasteiger partial charge in [-0.1, -0.05) is 17.7 Å². The van der Waals surface area contributed by atoms with Gasteiger partial charge in [-0.05, 0) is 31.0 Å². The maximum Gasteiger partial charge on any atom is 0.284 e. The van der Waals surface area contributed by atoms with Gasteiger partial charge in [-0.2, -0.15) is 0 Å². The third kappa shape index (κ3) is 2.08. The number of hydrogen-bond donors (Lipinski definition) is 0. The minimum Gasteiger partial charge on any atom is -0.414 e. The van der Waals surface area contributed by atoms with Crippen LogP contribution in [0.2, 0.25) is 5.02 Å². The standard InChI is InChI=1S/C12H9ClN2O2/c13-9-3-1-2-8(6-9)11-14-15-12(17-11)10(16)7-4-5-7/h1-3,6-7H,4-5H2. The summed E-state index contributed by atoms with van der Waals surface area (Å²) in [5.41, 5.74) is 0.722. The summed E-state index contributed by atoms with van der Waals surface area (Å²) in [6.07, 6.45) is 1.85. The molecule has 0 unspecified atom stereocenters. The number of carbonyl (C=O) groups is 1. The highest BCUT2D eigenvalue weighted by Gasteiger charge is 2.34. The van der Waals surface area contributed by atoms with Crippen LogP contribution >= 0.6 is 11.6 Å². The first-order valence-corrected chi connectivity index (χ1v) is 5.75. The van der Waals surface area contributed by atoms with Crippen molar-refractivity contribution in [2.24, 2.45) is 5.92 Å². The number of carbonyl (C=O) groups excluding carboxylic acids is 1. The summed E-state index contributed by atoms with van der Waals surface area (Å²) in [7, 11) is 0. The van der Waals surface area contributed by atoms with Crippen LogP contribution in [0.5, 0.6) is 0 Å². The van der Waals surface area contributed by atoms with Gasteiger partial charge in [-0.25, -0.2) is 0 Å². The molecule has 0 radical (unpaired) electrons. The fourth-order valence-corrected chi connectivity index (χ4v) is 1.77. The van der Waals surface area contributed by atoms with Gasteiger partial charge in [0.15, 0.2) is 0 Å².